The van der Waals surface area contributed by atoms with Gasteiger partial charge in [0.2, 0.25) is 0 Å². The van der Waals surface area contributed by atoms with Crippen LogP contribution in [0.2, 0.25) is 0 Å². The van der Waals surface area contributed by atoms with Crippen LogP contribution in [-0.4, -0.2) is 47.6 Å². The lowest BCUT2D eigenvalue weighted by atomic mass is 9.68. The van der Waals surface area contributed by atoms with Crippen molar-refractivity contribution in [3.63, 3.8) is 0 Å². The van der Waals surface area contributed by atoms with E-state index in [0.717, 1.165) is 10.9 Å². The van der Waals surface area contributed by atoms with Crippen molar-refractivity contribution in [3.8, 4) is 22.3 Å². The second-order valence-corrected chi connectivity index (χ2v) is 14.1. The molecule has 4 aromatic carbocycles. The van der Waals surface area contributed by atoms with Crippen LogP contribution in [0.3, 0.4) is 0 Å². The summed E-state index contributed by atoms with van der Waals surface area (Å²) in [6, 6.07) is 30.5. The summed E-state index contributed by atoms with van der Waals surface area (Å²) in [5.41, 5.74) is 7.51. The molecule has 1 spiro atoms. The first-order valence-corrected chi connectivity index (χ1v) is 15.0. The van der Waals surface area contributed by atoms with E-state index in [9.17, 15) is 10.2 Å². The van der Waals surface area contributed by atoms with Gasteiger partial charge in [0.25, 0.3) is 0 Å². The summed E-state index contributed by atoms with van der Waals surface area (Å²) in [5, 5.41) is 21.3. The van der Waals surface area contributed by atoms with Gasteiger partial charge in [-0.15, -0.1) is 0 Å². The third kappa shape index (κ3) is 4.62. The molecule has 2 N–H and O–H groups in total. The standard InChI is InChI=1S/C37H40B2O4/c1-33(2,40)35(5,6)42-38-23-17-19-27-28-20-18-24(39-43-36(7,8)34(3,4)41)22-32(28)37(31(27)21-23)29-15-11-9-13-25(29)26-14-10-12-16-30(26)37/h9-22,40-41H,1-8H3. The fraction of sp³-hybridized carbons (Fsp3) is 0.351. The molecule has 0 saturated carbocycles. The SMILES string of the molecule is CC(C)(O)C(C)(C)O[B]c1ccc2c(c1)C1(c3ccccc3-c3ccccc31)c1cc([B]OC(C)(C)C(C)(C)O)ccc1-2. The lowest BCUT2D eigenvalue weighted by Crippen LogP contribution is -2.49. The van der Waals surface area contributed by atoms with Gasteiger partial charge in [-0.1, -0.05) is 95.9 Å². The van der Waals surface area contributed by atoms with Crippen molar-refractivity contribution in [1.29, 1.82) is 0 Å². The Morgan fingerprint density at radius 1 is 0.488 bits per heavy atom. The van der Waals surface area contributed by atoms with Gasteiger partial charge >= 0.3 is 15.0 Å². The fourth-order valence-electron chi connectivity index (χ4n) is 6.04. The van der Waals surface area contributed by atoms with Gasteiger partial charge in [0, 0.05) is 0 Å². The Bertz CT molecular complexity index is 1580. The highest BCUT2D eigenvalue weighted by molar-refractivity contribution is 6.47. The maximum absolute atomic E-state index is 10.7. The lowest BCUT2D eigenvalue weighted by molar-refractivity contribution is -0.0893. The largest absolute Gasteiger partial charge is 0.427 e. The first kappa shape index (κ1) is 29.9. The zero-order chi connectivity index (χ0) is 31.0. The van der Waals surface area contributed by atoms with Gasteiger partial charge in [-0.25, -0.2) is 0 Å². The first-order valence-electron chi connectivity index (χ1n) is 15.0. The Labute approximate surface area is 257 Å². The van der Waals surface area contributed by atoms with E-state index in [1.54, 1.807) is 42.7 Å². The highest BCUT2D eigenvalue weighted by Crippen LogP contribution is 2.62. The lowest BCUT2D eigenvalue weighted by Gasteiger charge is -2.37. The van der Waals surface area contributed by atoms with Crippen molar-refractivity contribution in [3.05, 3.63) is 107 Å². The number of aliphatic hydroxyl groups is 2. The molecule has 0 amide bonds. The topological polar surface area (TPSA) is 58.9 Å². The summed E-state index contributed by atoms with van der Waals surface area (Å²) in [5.74, 6) is 0. The van der Waals surface area contributed by atoms with Gasteiger partial charge < -0.3 is 19.5 Å². The van der Waals surface area contributed by atoms with Crippen LogP contribution in [0.4, 0.5) is 0 Å². The third-order valence-corrected chi connectivity index (χ3v) is 10.1. The van der Waals surface area contributed by atoms with E-state index in [1.165, 1.54) is 44.5 Å². The van der Waals surface area contributed by atoms with E-state index < -0.39 is 27.8 Å². The zero-order valence-electron chi connectivity index (χ0n) is 26.4. The molecule has 0 heterocycles. The maximum atomic E-state index is 10.7. The van der Waals surface area contributed by atoms with Crippen LogP contribution in [0.5, 0.6) is 0 Å². The average molecular weight is 570 g/mol. The molecule has 2 aliphatic carbocycles. The molecule has 0 aliphatic heterocycles. The molecule has 0 fully saturated rings. The quantitative estimate of drug-likeness (QED) is 0.232. The molecular formula is C37H40B2O4. The number of hydrogen-bond acceptors (Lipinski definition) is 4. The molecule has 0 saturated heterocycles. The molecule has 43 heavy (non-hydrogen) atoms. The molecule has 0 unspecified atom stereocenters. The van der Waals surface area contributed by atoms with Crippen LogP contribution in [0.25, 0.3) is 22.3 Å². The number of fused-ring (bicyclic) bond motifs is 10. The molecule has 0 bridgehead atoms. The van der Waals surface area contributed by atoms with Crippen molar-refractivity contribution in [2.45, 2.75) is 83.2 Å². The monoisotopic (exact) mass is 570 g/mol. The van der Waals surface area contributed by atoms with Gasteiger partial charge in [0.1, 0.15) is 0 Å². The minimum absolute atomic E-state index is 0.525. The van der Waals surface area contributed by atoms with Crippen molar-refractivity contribution in [2.75, 3.05) is 0 Å². The van der Waals surface area contributed by atoms with Crippen molar-refractivity contribution < 1.29 is 19.5 Å². The van der Waals surface area contributed by atoms with Gasteiger partial charge in [-0.2, -0.15) is 0 Å². The van der Waals surface area contributed by atoms with E-state index in [0.29, 0.717) is 0 Å². The normalized spacial score (nSPS) is 15.1. The predicted octanol–water partition coefficient (Wildman–Crippen LogP) is 5.65. The van der Waals surface area contributed by atoms with Crippen molar-refractivity contribution in [2.24, 2.45) is 0 Å². The van der Waals surface area contributed by atoms with Gasteiger partial charge in [0.05, 0.1) is 27.8 Å². The summed E-state index contributed by atoms with van der Waals surface area (Å²) >= 11 is 0. The summed E-state index contributed by atoms with van der Waals surface area (Å²) < 4.78 is 12.4. The molecule has 2 radical (unpaired) electrons. The van der Waals surface area contributed by atoms with Gasteiger partial charge in [-0.3, -0.25) is 0 Å². The summed E-state index contributed by atoms with van der Waals surface area (Å²) in [6.45, 7) is 14.7. The Morgan fingerprint density at radius 2 is 0.837 bits per heavy atom. The van der Waals surface area contributed by atoms with Crippen LogP contribution in [0, 0.1) is 0 Å². The highest BCUT2D eigenvalue weighted by Gasteiger charge is 2.52. The van der Waals surface area contributed by atoms with Crippen molar-refractivity contribution in [1.82, 2.24) is 0 Å². The first-order chi connectivity index (χ1) is 20.1. The second-order valence-electron chi connectivity index (χ2n) is 14.1. The number of benzene rings is 4. The maximum Gasteiger partial charge on any atom is 0.330 e. The number of hydrogen-bond donors (Lipinski definition) is 2. The second kappa shape index (κ2) is 9.93. The van der Waals surface area contributed by atoms with E-state index in [1.807, 2.05) is 27.7 Å². The average Bonchev–Trinajstić information content (AvgIpc) is 3.40. The molecular weight excluding hydrogens is 530 g/mol. The molecule has 0 aromatic heterocycles. The minimum Gasteiger partial charge on any atom is -0.427 e. The van der Waals surface area contributed by atoms with Crippen LogP contribution in [0.15, 0.2) is 84.9 Å². The molecule has 0 atom stereocenters. The number of rotatable bonds is 8. The van der Waals surface area contributed by atoms with Gasteiger partial charge in [0.15, 0.2) is 0 Å². The van der Waals surface area contributed by atoms with E-state index in [2.05, 4.69) is 84.9 Å². The van der Waals surface area contributed by atoms with Crippen LogP contribution >= 0.6 is 0 Å². The summed E-state index contributed by atoms with van der Waals surface area (Å²) in [4.78, 5) is 0. The Kier molecular flexibility index (Phi) is 6.91. The fourth-order valence-corrected chi connectivity index (χ4v) is 6.04. The molecule has 4 aromatic rings. The summed E-state index contributed by atoms with van der Waals surface area (Å²) in [6.07, 6.45) is 0. The van der Waals surface area contributed by atoms with E-state index in [4.69, 9.17) is 9.31 Å². The predicted molar refractivity (Wildman–Crippen MR) is 176 cm³/mol. The Morgan fingerprint density at radius 3 is 1.21 bits per heavy atom. The van der Waals surface area contributed by atoms with Crippen LogP contribution in [-0.2, 0) is 14.7 Å². The molecule has 2 aliphatic rings. The Hall–Kier alpha value is -3.15. The van der Waals surface area contributed by atoms with E-state index >= 15 is 0 Å². The molecule has 6 heteroatoms. The molecule has 4 nitrogen and oxygen atoms in total. The van der Waals surface area contributed by atoms with Gasteiger partial charge in [-0.05, 0) is 99.9 Å². The van der Waals surface area contributed by atoms with E-state index in [-0.39, 0.29) is 0 Å². The molecule has 218 valence electrons. The van der Waals surface area contributed by atoms with Crippen LogP contribution in [0.1, 0.15) is 77.6 Å². The highest BCUT2D eigenvalue weighted by atomic mass is 16.5. The Balaban J connectivity index is 1.52. The molecule has 6 rings (SSSR count). The third-order valence-electron chi connectivity index (χ3n) is 10.1. The van der Waals surface area contributed by atoms with Crippen LogP contribution < -0.4 is 10.9 Å². The zero-order valence-corrected chi connectivity index (χ0v) is 26.4. The van der Waals surface area contributed by atoms with Crippen molar-refractivity contribution >= 4 is 25.9 Å². The summed E-state index contributed by atoms with van der Waals surface area (Å²) in [7, 11) is 3.54. The minimum atomic E-state index is -1.02. The smallest absolute Gasteiger partial charge is 0.330 e.